The fourth-order valence-electron chi connectivity index (χ4n) is 10.8. The van der Waals surface area contributed by atoms with Gasteiger partial charge in [-0.3, -0.25) is 24.0 Å². The van der Waals surface area contributed by atoms with Crippen LogP contribution >= 0.6 is 0 Å². The van der Waals surface area contributed by atoms with E-state index in [2.05, 4.69) is 4.90 Å². The molecule has 0 amide bonds. The van der Waals surface area contributed by atoms with Crippen LogP contribution in [0.2, 0.25) is 0 Å². The number of carbonyl (C=O) groups is 5. The summed E-state index contributed by atoms with van der Waals surface area (Å²) in [5.41, 5.74) is 6.27. The number of carboxylic acid groups (broad SMARTS) is 4. The van der Waals surface area contributed by atoms with E-state index in [0.717, 1.165) is 110 Å². The summed E-state index contributed by atoms with van der Waals surface area (Å²) in [6.07, 6.45) is 53.4. The van der Waals surface area contributed by atoms with Crippen molar-refractivity contribution in [2.75, 3.05) is 26.2 Å². The third kappa shape index (κ3) is 54.1. The van der Waals surface area contributed by atoms with Gasteiger partial charge in [-0.1, -0.05) is 225 Å². The summed E-state index contributed by atoms with van der Waals surface area (Å²) in [5, 5.41) is 35.7. The van der Waals surface area contributed by atoms with Crippen molar-refractivity contribution in [2.24, 2.45) is 17.6 Å². The van der Waals surface area contributed by atoms with Gasteiger partial charge < -0.3 is 35.8 Å². The van der Waals surface area contributed by atoms with Gasteiger partial charge in [0, 0.05) is 38.8 Å². The molecule has 12 nitrogen and oxygen atoms in total. The first-order chi connectivity index (χ1) is 35.9. The number of carbonyl (C=O) groups excluding carboxylic acids is 1. The molecule has 0 aromatic rings. The Labute approximate surface area is 453 Å². The normalized spacial score (nSPS) is 12.8. The van der Waals surface area contributed by atoms with Gasteiger partial charge in [-0.15, -0.1) is 0 Å². The number of esters is 1. The number of carboxylic acids is 4. The van der Waals surface area contributed by atoms with Crippen molar-refractivity contribution in [1.82, 2.24) is 4.90 Å². The molecule has 74 heavy (non-hydrogen) atoms. The molecule has 436 valence electrons. The zero-order valence-electron chi connectivity index (χ0n) is 48.0. The average molecular weight is 1050 g/mol. The molecule has 0 radical (unpaired) electrons. The Kier molecular flexibility index (Phi) is 53.0. The highest BCUT2D eigenvalue weighted by atomic mass is 16.5. The van der Waals surface area contributed by atoms with E-state index in [0.29, 0.717) is 24.9 Å². The lowest BCUT2D eigenvalue weighted by molar-refractivity contribution is -0.145. The second kappa shape index (κ2) is 55.0. The number of nitrogens with two attached hydrogens (primary N) is 1. The van der Waals surface area contributed by atoms with Gasteiger partial charge in [0.05, 0.1) is 6.61 Å². The van der Waals surface area contributed by atoms with Gasteiger partial charge in [0.25, 0.3) is 0 Å². The Bertz CT molecular complexity index is 1220. The van der Waals surface area contributed by atoms with Crippen LogP contribution in [0.15, 0.2) is 0 Å². The molecule has 12 heteroatoms. The number of nitrogens with zero attached hydrogens (tertiary/aromatic N) is 1. The SMILES string of the molecule is CCOC(=O)C(N)CCCCN(CC(CCCCCCCCCCCCC(=O)O)CCCCCCCCCCCC(=O)O)CC(CCCCCCCCCCCCC(=O)O)CCCCCCCCCCCC(=O)O. The number of unbranched alkanes of at least 4 members (excludes halogenated alkanes) is 35. The second-order valence-corrected chi connectivity index (χ2v) is 22.5. The second-order valence-electron chi connectivity index (χ2n) is 22.5. The van der Waals surface area contributed by atoms with Crippen LogP contribution in [0, 0.1) is 11.8 Å². The predicted molar refractivity (Wildman–Crippen MR) is 305 cm³/mol. The van der Waals surface area contributed by atoms with Crippen molar-refractivity contribution in [1.29, 1.82) is 0 Å². The van der Waals surface area contributed by atoms with E-state index in [4.69, 9.17) is 30.9 Å². The molecule has 0 aliphatic rings. The quantitative estimate of drug-likeness (QED) is 0.0285. The van der Waals surface area contributed by atoms with Crippen molar-refractivity contribution >= 4 is 29.8 Å². The molecule has 3 atom stereocenters. The summed E-state index contributed by atoms with van der Waals surface area (Å²) >= 11 is 0. The molecule has 0 spiro atoms. The van der Waals surface area contributed by atoms with E-state index in [9.17, 15) is 24.0 Å². The minimum atomic E-state index is -0.691. The molecule has 0 heterocycles. The molecular formula is C62H118N2O10. The molecule has 0 saturated carbocycles. The third-order valence-corrected chi connectivity index (χ3v) is 15.4. The molecule has 3 unspecified atom stereocenters. The summed E-state index contributed by atoms with van der Waals surface area (Å²) in [7, 11) is 0. The summed E-state index contributed by atoms with van der Waals surface area (Å²) < 4.78 is 5.23. The fourth-order valence-corrected chi connectivity index (χ4v) is 10.8. The number of aliphatic carboxylic acids is 4. The summed E-state index contributed by atoms with van der Waals surface area (Å²) in [6, 6.07) is -0.564. The van der Waals surface area contributed by atoms with Gasteiger partial charge in [-0.25, -0.2) is 0 Å². The van der Waals surface area contributed by atoms with Gasteiger partial charge in [0.15, 0.2) is 0 Å². The van der Waals surface area contributed by atoms with Crippen LogP contribution in [0.25, 0.3) is 0 Å². The van der Waals surface area contributed by atoms with Gasteiger partial charge in [-0.05, 0) is 89.5 Å². The summed E-state index contributed by atoms with van der Waals surface area (Å²) in [6.45, 7) is 5.50. The average Bonchev–Trinajstić information content (AvgIpc) is 3.35. The largest absolute Gasteiger partial charge is 0.481 e. The zero-order valence-corrected chi connectivity index (χ0v) is 48.0. The lowest BCUT2D eigenvalue weighted by atomic mass is 9.91. The fraction of sp³-hybridized carbons (Fsp3) is 0.919. The Morgan fingerprint density at radius 2 is 0.554 bits per heavy atom. The topological polar surface area (TPSA) is 205 Å². The van der Waals surface area contributed by atoms with Crippen LogP contribution in [0.3, 0.4) is 0 Å². The molecule has 0 aromatic carbocycles. The summed E-state index contributed by atoms with van der Waals surface area (Å²) in [5.74, 6) is -1.72. The van der Waals surface area contributed by atoms with Crippen LogP contribution in [0.4, 0.5) is 0 Å². The zero-order chi connectivity index (χ0) is 54.4. The number of hydrogen-bond acceptors (Lipinski definition) is 8. The lowest BCUT2D eigenvalue weighted by Gasteiger charge is -2.32. The van der Waals surface area contributed by atoms with Crippen molar-refractivity contribution in [3.05, 3.63) is 0 Å². The van der Waals surface area contributed by atoms with E-state index in [1.165, 1.54) is 193 Å². The van der Waals surface area contributed by atoms with Crippen LogP contribution in [0.5, 0.6) is 0 Å². The van der Waals surface area contributed by atoms with E-state index < -0.39 is 29.9 Å². The molecule has 0 aliphatic heterocycles. The van der Waals surface area contributed by atoms with Crippen molar-refractivity contribution in [2.45, 2.75) is 328 Å². The van der Waals surface area contributed by atoms with E-state index in [1.807, 2.05) is 6.92 Å². The van der Waals surface area contributed by atoms with Crippen LogP contribution in [-0.2, 0) is 28.7 Å². The molecule has 0 rings (SSSR count). The summed E-state index contributed by atoms with van der Waals surface area (Å²) in [4.78, 5) is 58.6. The molecule has 0 fully saturated rings. The van der Waals surface area contributed by atoms with Gasteiger partial charge in [0.1, 0.15) is 6.04 Å². The Hall–Kier alpha value is -2.73. The highest BCUT2D eigenvalue weighted by molar-refractivity contribution is 5.75. The van der Waals surface area contributed by atoms with Crippen molar-refractivity contribution in [3.8, 4) is 0 Å². The maximum absolute atomic E-state index is 12.4. The minimum Gasteiger partial charge on any atom is -0.481 e. The van der Waals surface area contributed by atoms with Gasteiger partial charge in [-0.2, -0.15) is 0 Å². The Morgan fingerprint density at radius 3 is 0.784 bits per heavy atom. The van der Waals surface area contributed by atoms with E-state index in [-0.39, 0.29) is 31.7 Å². The number of rotatable bonds is 61. The first kappa shape index (κ1) is 71.3. The highest BCUT2D eigenvalue weighted by Crippen LogP contribution is 2.26. The maximum Gasteiger partial charge on any atom is 0.322 e. The lowest BCUT2D eigenvalue weighted by Crippen LogP contribution is -2.36. The smallest absolute Gasteiger partial charge is 0.322 e. The first-order valence-electron chi connectivity index (χ1n) is 31.5. The molecule has 0 saturated heterocycles. The van der Waals surface area contributed by atoms with Gasteiger partial charge in [0.2, 0.25) is 0 Å². The Balaban J connectivity index is 5.71. The molecule has 0 aliphatic carbocycles. The van der Waals surface area contributed by atoms with Crippen LogP contribution in [-0.4, -0.2) is 87.5 Å². The van der Waals surface area contributed by atoms with Crippen LogP contribution in [0.1, 0.15) is 322 Å². The first-order valence-corrected chi connectivity index (χ1v) is 31.5. The molecule has 0 bridgehead atoms. The van der Waals surface area contributed by atoms with E-state index >= 15 is 0 Å². The highest BCUT2D eigenvalue weighted by Gasteiger charge is 2.20. The standard InChI is InChI=1S/C62H118N2O10/c1-2-74-62(73)57(63)47-41-42-52-64(53-55(45-35-27-19-11-7-15-23-31-39-50-60(69)70)43-33-25-17-9-3-5-13-21-29-37-48-58(65)66)54-56(46-36-28-20-12-8-16-24-32-40-51-61(71)72)44-34-26-18-10-4-6-14-22-30-38-49-59(67)68/h55-57H,2-54,63H2,1H3,(H,65,66)(H,67,68)(H,69,70)(H,71,72). The van der Waals surface area contributed by atoms with Crippen molar-refractivity contribution in [3.63, 3.8) is 0 Å². The number of ether oxygens (including phenoxy) is 1. The van der Waals surface area contributed by atoms with Crippen molar-refractivity contribution < 1.29 is 49.1 Å². The van der Waals surface area contributed by atoms with Gasteiger partial charge >= 0.3 is 29.8 Å². The third-order valence-electron chi connectivity index (χ3n) is 15.4. The minimum absolute atomic E-state index is 0.284. The molecule has 0 aromatic heterocycles. The number of hydrogen-bond donors (Lipinski definition) is 5. The molecule has 6 N–H and O–H groups in total. The Morgan fingerprint density at radius 1 is 0.338 bits per heavy atom. The molecular weight excluding hydrogens is 933 g/mol. The maximum atomic E-state index is 12.4. The monoisotopic (exact) mass is 1050 g/mol. The predicted octanol–water partition coefficient (Wildman–Crippen LogP) is 16.9. The van der Waals surface area contributed by atoms with Crippen LogP contribution < -0.4 is 5.73 Å². The van der Waals surface area contributed by atoms with E-state index in [1.54, 1.807) is 0 Å².